The van der Waals surface area contributed by atoms with Gasteiger partial charge in [0.2, 0.25) is 0 Å². The fourth-order valence-corrected chi connectivity index (χ4v) is 9.63. The lowest BCUT2D eigenvalue weighted by atomic mass is 9.82. The Balaban J connectivity index is 1.05. The second-order valence-corrected chi connectivity index (χ2v) is 16.6. The largest absolute Gasteiger partial charge is 0.454 e. The zero-order chi connectivity index (χ0) is 40.7. The van der Waals surface area contributed by atoms with Crippen LogP contribution in [-0.2, 0) is 5.41 Å². The number of aromatic nitrogens is 2. The Morgan fingerprint density at radius 2 is 1.05 bits per heavy atom. The van der Waals surface area contributed by atoms with Gasteiger partial charge in [-0.05, 0) is 92.7 Å². The molecule has 0 spiro atoms. The van der Waals surface area contributed by atoms with Crippen molar-refractivity contribution in [2.24, 2.45) is 0 Å². The molecule has 1 aliphatic carbocycles. The number of anilines is 3. The van der Waals surface area contributed by atoms with Crippen molar-refractivity contribution >= 4 is 60.8 Å². The molecule has 0 atom stereocenters. The van der Waals surface area contributed by atoms with Crippen LogP contribution in [0.3, 0.4) is 0 Å². The monoisotopic (exact) mass is 781 g/mol. The number of furan rings is 1. The zero-order valence-electron chi connectivity index (χ0n) is 33.8. The van der Waals surface area contributed by atoms with Crippen LogP contribution in [0.4, 0.5) is 17.1 Å². The summed E-state index contributed by atoms with van der Waals surface area (Å²) in [5.41, 5.74) is 17.7. The third kappa shape index (κ3) is 5.60. The van der Waals surface area contributed by atoms with Crippen LogP contribution < -0.4 is 4.90 Å². The first-order chi connectivity index (χ1) is 30.0. The van der Waals surface area contributed by atoms with Crippen molar-refractivity contribution in [3.63, 3.8) is 0 Å². The maximum absolute atomic E-state index is 6.98. The van der Waals surface area contributed by atoms with Gasteiger partial charge in [0, 0.05) is 38.7 Å². The van der Waals surface area contributed by atoms with Gasteiger partial charge in [0.15, 0.2) is 5.58 Å². The molecule has 0 unspecified atom stereocenters. The van der Waals surface area contributed by atoms with Gasteiger partial charge < -0.3 is 9.32 Å². The van der Waals surface area contributed by atoms with Crippen LogP contribution in [0, 0.1) is 0 Å². The van der Waals surface area contributed by atoms with Gasteiger partial charge in [-0.25, -0.2) is 9.97 Å². The second kappa shape index (κ2) is 13.6. The molecule has 61 heavy (non-hydrogen) atoms. The van der Waals surface area contributed by atoms with E-state index in [4.69, 9.17) is 14.4 Å². The van der Waals surface area contributed by atoms with Crippen molar-refractivity contribution in [1.29, 1.82) is 0 Å². The highest BCUT2D eigenvalue weighted by Gasteiger charge is 2.36. The molecule has 0 radical (unpaired) electrons. The molecule has 4 heteroatoms. The molecule has 11 aromatic rings. The average molecular weight is 782 g/mol. The van der Waals surface area contributed by atoms with Crippen molar-refractivity contribution in [3.05, 3.63) is 211 Å². The third-order valence-corrected chi connectivity index (χ3v) is 12.6. The number of benzene rings is 9. The Bertz CT molecular complexity index is 3510. The number of rotatable bonds is 6. The third-order valence-electron chi connectivity index (χ3n) is 12.6. The fraction of sp³-hybridized carbons (Fsp3) is 0.0526. The highest BCUT2D eigenvalue weighted by molar-refractivity contribution is 6.17. The van der Waals surface area contributed by atoms with Crippen LogP contribution in [-0.4, -0.2) is 9.97 Å². The van der Waals surface area contributed by atoms with Gasteiger partial charge in [0.25, 0.3) is 0 Å². The van der Waals surface area contributed by atoms with Gasteiger partial charge in [-0.2, -0.15) is 0 Å². The number of hydrogen-bond donors (Lipinski definition) is 0. The van der Waals surface area contributed by atoms with E-state index in [1.165, 1.54) is 33.0 Å². The molecule has 0 amide bonds. The molecular weight excluding hydrogens is 743 g/mol. The maximum Gasteiger partial charge on any atom is 0.160 e. The average Bonchev–Trinajstić information content (AvgIpc) is 3.81. The van der Waals surface area contributed by atoms with Crippen molar-refractivity contribution in [2.45, 2.75) is 19.3 Å². The van der Waals surface area contributed by atoms with Crippen molar-refractivity contribution < 1.29 is 4.42 Å². The predicted octanol–water partition coefficient (Wildman–Crippen LogP) is 15.5. The van der Waals surface area contributed by atoms with Crippen LogP contribution in [0.15, 0.2) is 205 Å². The Hall–Kier alpha value is -7.82. The summed E-state index contributed by atoms with van der Waals surface area (Å²) in [5.74, 6) is 0. The van der Waals surface area contributed by atoms with E-state index in [0.717, 1.165) is 83.7 Å². The zero-order valence-corrected chi connectivity index (χ0v) is 33.8. The molecule has 0 bridgehead atoms. The highest BCUT2D eigenvalue weighted by Crippen LogP contribution is 2.52. The lowest BCUT2D eigenvalue weighted by molar-refractivity contribution is 0.660. The molecule has 12 rings (SSSR count). The van der Waals surface area contributed by atoms with E-state index in [-0.39, 0.29) is 5.41 Å². The van der Waals surface area contributed by atoms with E-state index in [9.17, 15) is 0 Å². The summed E-state index contributed by atoms with van der Waals surface area (Å²) in [7, 11) is 0. The molecule has 288 valence electrons. The van der Waals surface area contributed by atoms with E-state index < -0.39 is 0 Å². The van der Waals surface area contributed by atoms with Gasteiger partial charge in [-0.1, -0.05) is 166 Å². The molecule has 0 saturated carbocycles. The summed E-state index contributed by atoms with van der Waals surface area (Å²) >= 11 is 0. The van der Waals surface area contributed by atoms with Crippen LogP contribution in [0.5, 0.6) is 0 Å². The van der Waals surface area contributed by atoms with E-state index in [1.54, 1.807) is 0 Å². The molecule has 4 nitrogen and oxygen atoms in total. The van der Waals surface area contributed by atoms with Crippen LogP contribution in [0.25, 0.3) is 88.5 Å². The first kappa shape index (κ1) is 35.2. The minimum absolute atomic E-state index is 0.0918. The van der Waals surface area contributed by atoms with Gasteiger partial charge in [0.1, 0.15) is 5.58 Å². The Labute approximate surface area is 354 Å². The SMILES string of the molecule is CC1(C)c2ccccc2-c2cc(N(c3ccc4ccccc4c3)c3ccc(-c4ccc(-c5nc6ccccc6nc5-c5ccccc5)cc4)c4c3oc3ccccc34)ccc21. The first-order valence-corrected chi connectivity index (χ1v) is 20.9. The molecule has 9 aromatic carbocycles. The Morgan fingerprint density at radius 1 is 0.443 bits per heavy atom. The second-order valence-electron chi connectivity index (χ2n) is 16.6. The molecule has 0 fully saturated rings. The molecule has 2 heterocycles. The number of hydrogen-bond acceptors (Lipinski definition) is 4. The van der Waals surface area contributed by atoms with Gasteiger partial charge in [-0.15, -0.1) is 0 Å². The summed E-state index contributed by atoms with van der Waals surface area (Å²) in [6.07, 6.45) is 0. The minimum Gasteiger partial charge on any atom is -0.454 e. The standard InChI is InChI=1S/C57H39N3O/c1-57(2)47-20-10-8-18-44(47)46-35-42(30-32-48(46)57)60(41-29-28-36-14-6-7-17-40(36)34-41)51-33-31-43(53-45-19-9-13-23-52(45)61-56(51)53)37-24-26-39(27-25-37)55-54(38-15-4-3-5-16-38)58-49-21-11-12-22-50(49)59-55/h3-35H,1-2H3. The van der Waals surface area contributed by atoms with Crippen LogP contribution in [0.1, 0.15) is 25.0 Å². The molecule has 0 aliphatic heterocycles. The molecular formula is C57H39N3O. The number of fused-ring (bicyclic) bond motifs is 8. The number of para-hydroxylation sites is 3. The Morgan fingerprint density at radius 3 is 1.85 bits per heavy atom. The smallest absolute Gasteiger partial charge is 0.160 e. The van der Waals surface area contributed by atoms with Crippen molar-refractivity contribution in [2.75, 3.05) is 4.90 Å². The van der Waals surface area contributed by atoms with Crippen molar-refractivity contribution in [3.8, 4) is 44.8 Å². The van der Waals surface area contributed by atoms with Gasteiger partial charge in [0.05, 0.1) is 28.1 Å². The van der Waals surface area contributed by atoms with Crippen molar-refractivity contribution in [1.82, 2.24) is 9.97 Å². The predicted molar refractivity (Wildman–Crippen MR) is 253 cm³/mol. The van der Waals surface area contributed by atoms with E-state index in [2.05, 4.69) is 189 Å². The lowest BCUT2D eigenvalue weighted by Crippen LogP contribution is -2.15. The normalized spacial score (nSPS) is 12.9. The number of nitrogens with zero attached hydrogens (tertiary/aromatic N) is 3. The highest BCUT2D eigenvalue weighted by atomic mass is 16.3. The summed E-state index contributed by atoms with van der Waals surface area (Å²) < 4.78 is 6.98. The summed E-state index contributed by atoms with van der Waals surface area (Å²) in [5, 5.41) is 4.54. The van der Waals surface area contributed by atoms with E-state index in [1.807, 2.05) is 30.3 Å². The summed E-state index contributed by atoms with van der Waals surface area (Å²) in [6, 6.07) is 71.2. The van der Waals surface area contributed by atoms with Gasteiger partial charge >= 0.3 is 0 Å². The van der Waals surface area contributed by atoms with Gasteiger partial charge in [-0.3, -0.25) is 0 Å². The quantitative estimate of drug-likeness (QED) is 0.168. The van der Waals surface area contributed by atoms with Crippen LogP contribution in [0.2, 0.25) is 0 Å². The molecule has 2 aromatic heterocycles. The maximum atomic E-state index is 6.98. The topological polar surface area (TPSA) is 42.2 Å². The lowest BCUT2D eigenvalue weighted by Gasteiger charge is -2.28. The molecule has 1 aliphatic rings. The minimum atomic E-state index is -0.0918. The van der Waals surface area contributed by atoms with Crippen LogP contribution >= 0.6 is 0 Å². The van der Waals surface area contributed by atoms with E-state index >= 15 is 0 Å². The molecule has 0 saturated heterocycles. The molecule has 0 N–H and O–H groups in total. The fourth-order valence-electron chi connectivity index (χ4n) is 9.63. The summed E-state index contributed by atoms with van der Waals surface area (Å²) in [6.45, 7) is 4.66. The summed E-state index contributed by atoms with van der Waals surface area (Å²) in [4.78, 5) is 12.7. The Kier molecular flexibility index (Phi) is 7.85. The first-order valence-electron chi connectivity index (χ1n) is 20.9. The van der Waals surface area contributed by atoms with E-state index in [0.29, 0.717) is 0 Å².